The van der Waals surface area contributed by atoms with Gasteiger partial charge in [-0.2, -0.15) is 0 Å². The molecule has 1 atom stereocenters. The quantitative estimate of drug-likeness (QED) is 0.653. The largest absolute Gasteiger partial charge is 0.359 e. The molecule has 2 aromatic rings. The van der Waals surface area contributed by atoms with E-state index in [-0.39, 0.29) is 0 Å². The van der Waals surface area contributed by atoms with Crippen molar-refractivity contribution in [3.63, 3.8) is 0 Å². The Morgan fingerprint density at radius 3 is 2.19 bits per heavy atom. The number of rotatable bonds is 5. The van der Waals surface area contributed by atoms with Crippen LogP contribution < -0.4 is 10.6 Å². The van der Waals surface area contributed by atoms with E-state index in [9.17, 15) is 0 Å². The second-order valence-electron chi connectivity index (χ2n) is 5.00. The normalized spacial score (nSPS) is 12.8. The number of benzene rings is 2. The van der Waals surface area contributed by atoms with Gasteiger partial charge in [0.15, 0.2) is 5.96 Å². The first-order valence-corrected chi connectivity index (χ1v) is 7.30. The number of hydrogen-bond donors (Lipinski definition) is 2. The first-order chi connectivity index (χ1) is 10.3. The lowest BCUT2D eigenvalue weighted by molar-refractivity contribution is 0.649. The van der Waals surface area contributed by atoms with Gasteiger partial charge in [0.1, 0.15) is 0 Å². The number of guanidine groups is 1. The van der Waals surface area contributed by atoms with Crippen LogP contribution in [0.15, 0.2) is 65.7 Å². The maximum atomic E-state index is 4.17. The van der Waals surface area contributed by atoms with E-state index in [0.29, 0.717) is 5.92 Å². The lowest BCUT2D eigenvalue weighted by Gasteiger charge is -2.19. The molecule has 0 amide bonds. The summed E-state index contributed by atoms with van der Waals surface area (Å²) in [4.78, 5) is 4.17. The summed E-state index contributed by atoms with van der Waals surface area (Å²) in [5, 5.41) is 6.44. The third kappa shape index (κ3) is 4.63. The van der Waals surface area contributed by atoms with Gasteiger partial charge in [-0.1, -0.05) is 60.7 Å². The molecule has 0 fully saturated rings. The van der Waals surface area contributed by atoms with Crippen molar-refractivity contribution in [3.8, 4) is 0 Å². The number of aliphatic imine (C=N–C) groups is 1. The molecule has 21 heavy (non-hydrogen) atoms. The average Bonchev–Trinajstić information content (AvgIpc) is 2.56. The van der Waals surface area contributed by atoms with Crippen molar-refractivity contribution >= 4 is 5.96 Å². The van der Waals surface area contributed by atoms with Crippen molar-refractivity contribution in [2.45, 2.75) is 12.3 Å². The summed E-state index contributed by atoms with van der Waals surface area (Å²) in [5.74, 6) is 1.24. The van der Waals surface area contributed by atoms with Gasteiger partial charge in [-0.15, -0.1) is 0 Å². The zero-order valence-corrected chi connectivity index (χ0v) is 12.7. The fourth-order valence-corrected chi connectivity index (χ4v) is 2.43. The van der Waals surface area contributed by atoms with Gasteiger partial charge in [-0.05, 0) is 17.5 Å². The van der Waals surface area contributed by atoms with Crippen LogP contribution in [0.25, 0.3) is 0 Å². The molecule has 0 aliphatic carbocycles. The van der Waals surface area contributed by atoms with Crippen LogP contribution in [0.3, 0.4) is 0 Å². The third-order valence-electron chi connectivity index (χ3n) is 3.57. The van der Waals surface area contributed by atoms with E-state index in [4.69, 9.17) is 0 Å². The van der Waals surface area contributed by atoms with E-state index in [1.165, 1.54) is 11.1 Å². The highest BCUT2D eigenvalue weighted by atomic mass is 15.1. The molecule has 3 heteroatoms. The molecule has 0 aromatic heterocycles. The van der Waals surface area contributed by atoms with Gasteiger partial charge < -0.3 is 10.6 Å². The van der Waals surface area contributed by atoms with Gasteiger partial charge in [0.05, 0.1) is 0 Å². The van der Waals surface area contributed by atoms with Gasteiger partial charge in [0.25, 0.3) is 0 Å². The average molecular weight is 281 g/mol. The molecule has 1 unspecified atom stereocenters. The fraction of sp³-hybridized carbons (Fsp3) is 0.278. The van der Waals surface area contributed by atoms with Crippen molar-refractivity contribution in [3.05, 3.63) is 71.8 Å². The first-order valence-electron chi connectivity index (χ1n) is 7.30. The highest BCUT2D eigenvalue weighted by Gasteiger charge is 2.12. The maximum Gasteiger partial charge on any atom is 0.190 e. The Balaban J connectivity index is 2.11. The summed E-state index contributed by atoms with van der Waals surface area (Å²) in [6.45, 7) is 0.854. The van der Waals surface area contributed by atoms with Crippen LogP contribution >= 0.6 is 0 Å². The fourth-order valence-electron chi connectivity index (χ4n) is 2.43. The number of hydrogen-bond acceptors (Lipinski definition) is 1. The lowest BCUT2D eigenvalue weighted by atomic mass is 9.92. The monoisotopic (exact) mass is 281 g/mol. The zero-order chi connectivity index (χ0) is 14.9. The predicted molar refractivity (Wildman–Crippen MR) is 89.8 cm³/mol. The molecule has 0 saturated carbocycles. The standard InChI is InChI=1S/C18H23N3/c1-19-18(20-2)21-14-17(16-11-7-4-8-12-16)13-15-9-5-3-6-10-15/h3-12,17H,13-14H2,1-2H3,(H2,19,20,21). The minimum absolute atomic E-state index is 0.415. The molecule has 2 aromatic carbocycles. The van der Waals surface area contributed by atoms with Crippen molar-refractivity contribution in [2.24, 2.45) is 4.99 Å². The molecule has 2 rings (SSSR count). The van der Waals surface area contributed by atoms with Gasteiger partial charge in [-0.25, -0.2) is 0 Å². The zero-order valence-electron chi connectivity index (χ0n) is 12.7. The second kappa shape index (κ2) is 8.10. The molecule has 0 spiro atoms. The van der Waals surface area contributed by atoms with E-state index < -0.39 is 0 Å². The van der Waals surface area contributed by atoms with Crippen molar-refractivity contribution in [2.75, 3.05) is 20.6 Å². The van der Waals surface area contributed by atoms with E-state index in [2.05, 4.69) is 76.3 Å². The summed E-state index contributed by atoms with van der Waals surface area (Å²) >= 11 is 0. The van der Waals surface area contributed by atoms with Gasteiger partial charge in [0.2, 0.25) is 0 Å². The van der Waals surface area contributed by atoms with Crippen LogP contribution in [0.5, 0.6) is 0 Å². The van der Waals surface area contributed by atoms with E-state index >= 15 is 0 Å². The Morgan fingerprint density at radius 1 is 1.00 bits per heavy atom. The van der Waals surface area contributed by atoms with Crippen molar-refractivity contribution in [1.29, 1.82) is 0 Å². The van der Waals surface area contributed by atoms with Crippen LogP contribution in [-0.4, -0.2) is 26.6 Å². The van der Waals surface area contributed by atoms with Gasteiger partial charge >= 0.3 is 0 Å². The molecule has 3 nitrogen and oxygen atoms in total. The minimum atomic E-state index is 0.415. The summed E-state index contributed by atoms with van der Waals surface area (Å²) in [6, 6.07) is 21.3. The molecule has 2 N–H and O–H groups in total. The molecule has 0 aliphatic heterocycles. The molecular formula is C18H23N3. The van der Waals surface area contributed by atoms with Crippen LogP contribution in [0, 0.1) is 0 Å². The highest BCUT2D eigenvalue weighted by Crippen LogP contribution is 2.20. The van der Waals surface area contributed by atoms with Gasteiger partial charge in [0, 0.05) is 26.6 Å². The summed E-state index contributed by atoms with van der Waals surface area (Å²) in [5.41, 5.74) is 2.70. The number of nitrogens with one attached hydrogen (secondary N) is 2. The third-order valence-corrected chi connectivity index (χ3v) is 3.57. The lowest BCUT2D eigenvalue weighted by Crippen LogP contribution is -2.37. The summed E-state index contributed by atoms with van der Waals surface area (Å²) in [7, 11) is 3.66. The maximum absolute atomic E-state index is 4.17. The number of nitrogens with zero attached hydrogens (tertiary/aromatic N) is 1. The smallest absolute Gasteiger partial charge is 0.190 e. The summed E-state index contributed by atoms with van der Waals surface area (Å²) < 4.78 is 0. The molecule has 0 bridgehead atoms. The molecule has 0 radical (unpaired) electrons. The Kier molecular flexibility index (Phi) is 5.83. The topological polar surface area (TPSA) is 36.4 Å². The van der Waals surface area contributed by atoms with Crippen LogP contribution in [0.2, 0.25) is 0 Å². The van der Waals surface area contributed by atoms with Crippen LogP contribution in [0.4, 0.5) is 0 Å². The van der Waals surface area contributed by atoms with Crippen molar-refractivity contribution < 1.29 is 0 Å². The van der Waals surface area contributed by atoms with E-state index in [0.717, 1.165) is 18.9 Å². The molecule has 0 saturated heterocycles. The predicted octanol–water partition coefficient (Wildman–Crippen LogP) is 2.81. The Bertz CT molecular complexity index is 549. The summed E-state index contributed by atoms with van der Waals surface area (Å²) in [6.07, 6.45) is 1.01. The molecule has 110 valence electrons. The highest BCUT2D eigenvalue weighted by molar-refractivity contribution is 5.79. The van der Waals surface area contributed by atoms with Gasteiger partial charge in [-0.3, -0.25) is 4.99 Å². The van der Waals surface area contributed by atoms with Crippen molar-refractivity contribution in [1.82, 2.24) is 10.6 Å². The van der Waals surface area contributed by atoms with Crippen LogP contribution in [0.1, 0.15) is 17.0 Å². The molecule has 0 heterocycles. The Hall–Kier alpha value is -2.29. The Labute approximate surface area is 127 Å². The van der Waals surface area contributed by atoms with Crippen LogP contribution in [-0.2, 0) is 6.42 Å². The molecule has 0 aliphatic rings. The Morgan fingerprint density at radius 2 is 1.62 bits per heavy atom. The second-order valence-corrected chi connectivity index (χ2v) is 5.00. The van der Waals surface area contributed by atoms with E-state index in [1.807, 2.05) is 7.05 Å². The minimum Gasteiger partial charge on any atom is -0.359 e. The van der Waals surface area contributed by atoms with E-state index in [1.54, 1.807) is 7.05 Å². The molecular weight excluding hydrogens is 258 g/mol. The SMILES string of the molecule is CN=C(NC)NCC(Cc1ccccc1)c1ccccc1. The first kappa shape index (κ1) is 15.1.